The van der Waals surface area contributed by atoms with Crippen LogP contribution in [0.1, 0.15) is 43.1 Å². The van der Waals surface area contributed by atoms with Crippen molar-refractivity contribution in [3.63, 3.8) is 0 Å². The van der Waals surface area contributed by atoms with Crippen molar-refractivity contribution in [3.8, 4) is 0 Å². The molecule has 0 aliphatic heterocycles. The summed E-state index contributed by atoms with van der Waals surface area (Å²) in [6, 6.07) is 3.25. The van der Waals surface area contributed by atoms with E-state index in [-0.39, 0.29) is 11.9 Å². The summed E-state index contributed by atoms with van der Waals surface area (Å²) >= 11 is 0. The summed E-state index contributed by atoms with van der Waals surface area (Å²) in [7, 11) is 0. The predicted molar refractivity (Wildman–Crippen MR) is 58.6 cm³/mol. The van der Waals surface area contributed by atoms with E-state index in [0.717, 1.165) is 0 Å². The van der Waals surface area contributed by atoms with Crippen molar-refractivity contribution in [1.82, 2.24) is 4.90 Å². The highest BCUT2D eigenvalue weighted by molar-refractivity contribution is 5.91. The molecule has 0 saturated heterocycles. The van der Waals surface area contributed by atoms with Crippen molar-refractivity contribution in [2.24, 2.45) is 5.73 Å². The van der Waals surface area contributed by atoms with E-state index in [9.17, 15) is 4.79 Å². The third-order valence-corrected chi connectivity index (χ3v) is 2.34. The fourth-order valence-corrected chi connectivity index (χ4v) is 1.38. The van der Waals surface area contributed by atoms with Crippen molar-refractivity contribution in [2.75, 3.05) is 13.1 Å². The number of carbonyl (C=O) groups is 1. The number of hydrogen-bond donors (Lipinski definition) is 1. The molecule has 1 heterocycles. The van der Waals surface area contributed by atoms with E-state index in [4.69, 9.17) is 10.2 Å². The molecule has 1 amide bonds. The molecule has 84 valence electrons. The highest BCUT2D eigenvalue weighted by Gasteiger charge is 2.17. The summed E-state index contributed by atoms with van der Waals surface area (Å²) in [6.45, 7) is 7.07. The lowest BCUT2D eigenvalue weighted by molar-refractivity contribution is 0.0738. The van der Waals surface area contributed by atoms with Gasteiger partial charge in [0.2, 0.25) is 0 Å². The third-order valence-electron chi connectivity index (χ3n) is 2.34. The Hall–Kier alpha value is -1.29. The highest BCUT2D eigenvalue weighted by Crippen LogP contribution is 2.15. The van der Waals surface area contributed by atoms with E-state index in [1.807, 2.05) is 20.8 Å². The molecule has 1 rings (SSSR count). The van der Waals surface area contributed by atoms with Gasteiger partial charge in [-0.3, -0.25) is 4.79 Å². The summed E-state index contributed by atoms with van der Waals surface area (Å²) < 4.78 is 5.38. The van der Waals surface area contributed by atoms with Crippen molar-refractivity contribution in [1.29, 1.82) is 0 Å². The topological polar surface area (TPSA) is 59.5 Å². The summed E-state index contributed by atoms with van der Waals surface area (Å²) in [5, 5.41) is 0. The van der Waals surface area contributed by atoms with Gasteiger partial charge < -0.3 is 15.1 Å². The number of nitrogens with zero attached hydrogens (tertiary/aromatic N) is 1. The maximum absolute atomic E-state index is 11.8. The fourth-order valence-electron chi connectivity index (χ4n) is 1.38. The van der Waals surface area contributed by atoms with E-state index >= 15 is 0 Å². The first-order valence-corrected chi connectivity index (χ1v) is 5.24. The Labute approximate surface area is 90.0 Å². The molecule has 4 heteroatoms. The molecular weight excluding hydrogens is 192 g/mol. The maximum atomic E-state index is 11.8. The van der Waals surface area contributed by atoms with Gasteiger partial charge in [-0.1, -0.05) is 0 Å². The first-order chi connectivity index (χ1) is 7.10. The van der Waals surface area contributed by atoms with Crippen LogP contribution in [0.3, 0.4) is 0 Å². The molecule has 1 aromatic heterocycles. The monoisotopic (exact) mass is 210 g/mol. The molecule has 1 aromatic rings. The first-order valence-electron chi connectivity index (χ1n) is 5.24. The van der Waals surface area contributed by atoms with E-state index in [2.05, 4.69) is 0 Å². The summed E-state index contributed by atoms with van der Waals surface area (Å²) in [6.07, 6.45) is 0. The minimum Gasteiger partial charge on any atom is -0.454 e. The molecule has 0 aromatic carbocycles. The van der Waals surface area contributed by atoms with Crippen LogP contribution in [0.4, 0.5) is 0 Å². The van der Waals surface area contributed by atoms with Gasteiger partial charge >= 0.3 is 0 Å². The number of hydrogen-bond acceptors (Lipinski definition) is 3. The van der Waals surface area contributed by atoms with E-state index in [0.29, 0.717) is 24.6 Å². The normalized spacial score (nSPS) is 12.5. The number of amides is 1. The Bertz CT molecular complexity index is 327. The van der Waals surface area contributed by atoms with Crippen molar-refractivity contribution < 1.29 is 9.21 Å². The highest BCUT2D eigenvalue weighted by atomic mass is 16.4. The van der Waals surface area contributed by atoms with Crippen molar-refractivity contribution >= 4 is 5.91 Å². The molecule has 0 fully saturated rings. The number of nitrogens with two attached hydrogens (primary N) is 1. The van der Waals surface area contributed by atoms with Crippen LogP contribution in [0, 0.1) is 0 Å². The van der Waals surface area contributed by atoms with E-state index in [1.54, 1.807) is 17.0 Å². The summed E-state index contributed by atoms with van der Waals surface area (Å²) in [4.78, 5) is 13.5. The second-order valence-corrected chi connectivity index (χ2v) is 3.47. The van der Waals surface area contributed by atoms with E-state index < -0.39 is 0 Å². The second kappa shape index (κ2) is 4.98. The Morgan fingerprint density at radius 3 is 2.47 bits per heavy atom. The minimum absolute atomic E-state index is 0.0769. The summed E-state index contributed by atoms with van der Waals surface area (Å²) in [5.74, 6) is 0.934. The Morgan fingerprint density at radius 2 is 2.07 bits per heavy atom. The fraction of sp³-hybridized carbons (Fsp3) is 0.545. The number of rotatable bonds is 4. The Balaban J connectivity index is 2.82. The lowest BCUT2D eigenvalue weighted by Crippen LogP contribution is -2.30. The lowest BCUT2D eigenvalue weighted by Gasteiger charge is -2.16. The van der Waals surface area contributed by atoms with Crippen molar-refractivity contribution in [3.05, 3.63) is 23.7 Å². The summed E-state index contributed by atoms with van der Waals surface area (Å²) in [5.41, 5.74) is 5.65. The molecule has 1 atom stereocenters. The molecule has 0 spiro atoms. The van der Waals surface area contributed by atoms with Crippen LogP contribution >= 0.6 is 0 Å². The molecular formula is C11H18N2O2. The van der Waals surface area contributed by atoms with Crippen LogP contribution in [-0.4, -0.2) is 23.9 Å². The molecule has 0 aliphatic carbocycles. The average Bonchev–Trinajstić information content (AvgIpc) is 2.68. The zero-order chi connectivity index (χ0) is 11.4. The molecule has 4 nitrogen and oxygen atoms in total. The van der Waals surface area contributed by atoms with Gasteiger partial charge in [0.1, 0.15) is 5.76 Å². The molecule has 0 saturated carbocycles. The van der Waals surface area contributed by atoms with Crippen LogP contribution in [-0.2, 0) is 0 Å². The van der Waals surface area contributed by atoms with E-state index in [1.165, 1.54) is 0 Å². The van der Waals surface area contributed by atoms with Gasteiger partial charge in [0, 0.05) is 13.1 Å². The lowest BCUT2D eigenvalue weighted by atomic mass is 10.3. The van der Waals surface area contributed by atoms with Crippen LogP contribution < -0.4 is 5.73 Å². The molecule has 1 unspecified atom stereocenters. The SMILES string of the molecule is CCN(CC)C(=O)c1ccc(C(C)N)o1. The van der Waals surface area contributed by atoms with Crippen LogP contribution in [0.5, 0.6) is 0 Å². The largest absolute Gasteiger partial charge is 0.454 e. The zero-order valence-corrected chi connectivity index (χ0v) is 9.49. The third kappa shape index (κ3) is 2.59. The number of carbonyl (C=O) groups excluding carboxylic acids is 1. The maximum Gasteiger partial charge on any atom is 0.289 e. The van der Waals surface area contributed by atoms with Crippen LogP contribution in [0.2, 0.25) is 0 Å². The molecule has 2 N–H and O–H groups in total. The number of furan rings is 1. The average molecular weight is 210 g/mol. The van der Waals surface area contributed by atoms with Crippen LogP contribution in [0.25, 0.3) is 0 Å². The molecule has 0 bridgehead atoms. The quantitative estimate of drug-likeness (QED) is 0.824. The standard InChI is InChI=1S/C11H18N2O2/c1-4-13(5-2)11(14)10-7-6-9(15-10)8(3)12/h6-8H,4-5,12H2,1-3H3. The van der Waals surface area contributed by atoms with Gasteiger partial charge in [0.05, 0.1) is 6.04 Å². The first kappa shape index (κ1) is 11.8. The minimum atomic E-state index is -0.178. The van der Waals surface area contributed by atoms with Crippen molar-refractivity contribution in [2.45, 2.75) is 26.8 Å². The van der Waals surface area contributed by atoms with Gasteiger partial charge in [-0.2, -0.15) is 0 Å². The smallest absolute Gasteiger partial charge is 0.289 e. The van der Waals surface area contributed by atoms with Gasteiger partial charge in [-0.25, -0.2) is 0 Å². The van der Waals surface area contributed by atoms with Gasteiger partial charge in [0.25, 0.3) is 5.91 Å². The van der Waals surface area contributed by atoms with Crippen LogP contribution in [0.15, 0.2) is 16.5 Å². The molecule has 15 heavy (non-hydrogen) atoms. The second-order valence-electron chi connectivity index (χ2n) is 3.47. The Kier molecular flexibility index (Phi) is 3.91. The molecule has 0 radical (unpaired) electrons. The zero-order valence-electron chi connectivity index (χ0n) is 9.49. The molecule has 0 aliphatic rings. The van der Waals surface area contributed by atoms with Gasteiger partial charge in [-0.15, -0.1) is 0 Å². The predicted octanol–water partition coefficient (Wildman–Crippen LogP) is 1.78. The van der Waals surface area contributed by atoms with Gasteiger partial charge in [0.15, 0.2) is 5.76 Å². The Morgan fingerprint density at radius 1 is 1.47 bits per heavy atom. The van der Waals surface area contributed by atoms with Gasteiger partial charge in [-0.05, 0) is 32.9 Å².